The third-order valence-corrected chi connectivity index (χ3v) is 6.11. The predicted octanol–water partition coefficient (Wildman–Crippen LogP) is 4.98. The predicted molar refractivity (Wildman–Crippen MR) is 119 cm³/mol. The van der Waals surface area contributed by atoms with Crippen LogP contribution in [0.3, 0.4) is 0 Å². The topological polar surface area (TPSA) is 75.4 Å². The van der Waals surface area contributed by atoms with Gasteiger partial charge in [0.05, 0.1) is 0 Å². The van der Waals surface area contributed by atoms with Crippen molar-refractivity contribution in [3.05, 3.63) is 35.4 Å². The number of nitrogens with two attached hydrogens (primary N) is 1. The summed E-state index contributed by atoms with van der Waals surface area (Å²) in [6, 6.07) is 5.30. The van der Waals surface area contributed by atoms with Gasteiger partial charge in [-0.15, -0.1) is 0 Å². The summed E-state index contributed by atoms with van der Waals surface area (Å²) >= 11 is 0. The fourth-order valence-electron chi connectivity index (χ4n) is 4.43. The number of amides is 2. The number of carbonyl (C=O) groups is 2. The molecule has 0 unspecified atom stereocenters. The molecule has 2 amide bonds. The summed E-state index contributed by atoms with van der Waals surface area (Å²) in [5.41, 5.74) is 8.30. The van der Waals surface area contributed by atoms with Gasteiger partial charge in [-0.3, -0.25) is 9.59 Å². The minimum atomic E-state index is -4.94. The Kier molecular flexibility index (Phi) is 7.32. The van der Waals surface area contributed by atoms with Gasteiger partial charge in [-0.1, -0.05) is 12.1 Å². The van der Waals surface area contributed by atoms with Crippen LogP contribution in [0.15, 0.2) is 24.3 Å². The molecule has 0 bridgehead atoms. The highest BCUT2D eigenvalue weighted by Gasteiger charge is 2.39. The minimum absolute atomic E-state index is 0.0502. The highest BCUT2D eigenvalue weighted by atomic mass is 19.4. The maximum absolute atomic E-state index is 12.8. The van der Waals surface area contributed by atoms with E-state index in [0.717, 1.165) is 49.7 Å². The van der Waals surface area contributed by atoms with Gasteiger partial charge in [0.15, 0.2) is 0 Å². The van der Waals surface area contributed by atoms with Crippen LogP contribution in [0.5, 0.6) is 0 Å². The van der Waals surface area contributed by atoms with E-state index in [1.807, 2.05) is 24.8 Å². The number of nitrogens with one attached hydrogen (secondary N) is 1. The molecule has 1 fully saturated rings. The van der Waals surface area contributed by atoms with Gasteiger partial charge in [-0.2, -0.15) is 13.2 Å². The molecule has 1 heterocycles. The molecule has 3 rings (SSSR count). The molecule has 3 N–H and O–H groups in total. The van der Waals surface area contributed by atoms with Crippen LogP contribution in [-0.2, 0) is 9.59 Å². The quantitative estimate of drug-likeness (QED) is 0.663. The number of anilines is 1. The molecule has 0 radical (unpaired) electrons. The van der Waals surface area contributed by atoms with Crippen LogP contribution in [0.1, 0.15) is 75.8 Å². The number of hydrogen-bond acceptors (Lipinski definition) is 3. The van der Waals surface area contributed by atoms with Crippen molar-refractivity contribution in [1.82, 2.24) is 4.90 Å². The first-order valence-corrected chi connectivity index (χ1v) is 11.2. The monoisotopic (exact) mass is 451 g/mol. The number of hydrogen-bond donors (Lipinski definition) is 2. The largest absolute Gasteiger partial charge is 0.471 e. The second-order valence-electron chi connectivity index (χ2n) is 9.55. The second-order valence-corrected chi connectivity index (χ2v) is 9.55. The smallest absolute Gasteiger partial charge is 0.343 e. The molecule has 1 saturated heterocycles. The summed E-state index contributed by atoms with van der Waals surface area (Å²) in [5.74, 6) is -1.70. The van der Waals surface area contributed by atoms with Crippen molar-refractivity contribution in [2.24, 2.45) is 5.73 Å². The third-order valence-electron chi connectivity index (χ3n) is 6.11. The van der Waals surface area contributed by atoms with Gasteiger partial charge in [-0.05, 0) is 81.6 Å². The molecule has 1 aromatic carbocycles. The number of nitrogens with zero attached hydrogens (tertiary/aromatic N) is 1. The summed E-state index contributed by atoms with van der Waals surface area (Å²) < 4.78 is 38.5. The maximum atomic E-state index is 12.8. The number of rotatable bonds is 5. The average molecular weight is 452 g/mol. The molecule has 176 valence electrons. The molecule has 8 heteroatoms. The molecule has 0 aromatic heterocycles. The summed E-state index contributed by atoms with van der Waals surface area (Å²) in [7, 11) is 0. The number of halogens is 3. The molecule has 0 spiro atoms. The van der Waals surface area contributed by atoms with E-state index >= 15 is 0 Å². The van der Waals surface area contributed by atoms with E-state index in [9.17, 15) is 22.8 Å². The van der Waals surface area contributed by atoms with Crippen LogP contribution in [0, 0.1) is 0 Å². The summed E-state index contributed by atoms with van der Waals surface area (Å²) in [6.45, 7) is 4.92. The zero-order valence-electron chi connectivity index (χ0n) is 18.7. The molecule has 5 nitrogen and oxygen atoms in total. The molecular formula is C24H32F3N3O2. The van der Waals surface area contributed by atoms with Crippen LogP contribution in [-0.4, -0.2) is 41.5 Å². The molecule has 0 saturated carbocycles. The van der Waals surface area contributed by atoms with E-state index in [1.165, 1.54) is 0 Å². The van der Waals surface area contributed by atoms with Gasteiger partial charge >= 0.3 is 12.1 Å². The Morgan fingerprint density at radius 3 is 2.41 bits per heavy atom. The van der Waals surface area contributed by atoms with Gasteiger partial charge in [0.25, 0.3) is 0 Å². The van der Waals surface area contributed by atoms with Crippen molar-refractivity contribution in [2.45, 2.75) is 76.4 Å². The zero-order valence-corrected chi connectivity index (χ0v) is 18.7. The number of allylic oxidation sites excluding steroid dienone is 2. The van der Waals surface area contributed by atoms with Crippen molar-refractivity contribution in [3.8, 4) is 0 Å². The maximum Gasteiger partial charge on any atom is 0.471 e. The lowest BCUT2D eigenvalue weighted by molar-refractivity contribution is -0.167. The van der Waals surface area contributed by atoms with Gasteiger partial charge in [0.1, 0.15) is 0 Å². The Balaban J connectivity index is 1.77. The van der Waals surface area contributed by atoms with Crippen molar-refractivity contribution >= 4 is 23.1 Å². The average Bonchev–Trinajstić information content (AvgIpc) is 2.73. The summed E-state index contributed by atoms with van der Waals surface area (Å²) in [4.78, 5) is 25.8. The first-order chi connectivity index (χ1) is 14.9. The number of likely N-dealkylation sites (tertiary alicyclic amines) is 1. The van der Waals surface area contributed by atoms with Crippen LogP contribution >= 0.6 is 0 Å². The standard InChI is InChI=1S/C24H32F3N3O2/c1-23(2,28)15-21(31)30-12-10-16(11-13-30)18-8-9-20(29-22(32)24(25,26)27)19(14-18)17-6-4-3-5-7-17/h6,8-9,14,16H,3-5,7,10-13,15,28H2,1-2H3,(H,29,32). The van der Waals surface area contributed by atoms with Crippen molar-refractivity contribution in [2.75, 3.05) is 18.4 Å². The first kappa shape index (κ1) is 24.3. The van der Waals surface area contributed by atoms with Gasteiger partial charge in [0.2, 0.25) is 5.91 Å². The number of carbonyl (C=O) groups excluding carboxylic acids is 2. The highest BCUT2D eigenvalue weighted by Crippen LogP contribution is 2.37. The van der Waals surface area contributed by atoms with Gasteiger partial charge in [0, 0.05) is 36.3 Å². The van der Waals surface area contributed by atoms with E-state index in [2.05, 4.69) is 11.4 Å². The van der Waals surface area contributed by atoms with E-state index in [0.29, 0.717) is 25.1 Å². The Morgan fingerprint density at radius 2 is 1.84 bits per heavy atom. The fraction of sp³-hybridized carbons (Fsp3) is 0.583. The minimum Gasteiger partial charge on any atom is -0.343 e. The third kappa shape index (κ3) is 6.34. The molecule has 2 aliphatic rings. The molecule has 32 heavy (non-hydrogen) atoms. The zero-order chi connectivity index (χ0) is 23.5. The molecule has 0 atom stereocenters. The molecular weight excluding hydrogens is 419 g/mol. The molecule has 1 aliphatic carbocycles. The normalized spacial score (nSPS) is 18.3. The van der Waals surface area contributed by atoms with E-state index in [1.54, 1.807) is 12.1 Å². The lowest BCUT2D eigenvalue weighted by Crippen LogP contribution is -2.44. The van der Waals surface area contributed by atoms with Crippen molar-refractivity contribution in [1.29, 1.82) is 0 Å². The lowest BCUT2D eigenvalue weighted by atomic mass is 9.85. The van der Waals surface area contributed by atoms with E-state index < -0.39 is 17.6 Å². The molecule has 1 aromatic rings. The van der Waals surface area contributed by atoms with Crippen molar-refractivity contribution in [3.63, 3.8) is 0 Å². The van der Waals surface area contributed by atoms with Crippen LogP contribution in [0.4, 0.5) is 18.9 Å². The number of piperidine rings is 1. The summed E-state index contributed by atoms with van der Waals surface area (Å²) in [6.07, 6.45) is 2.66. The van der Waals surface area contributed by atoms with Crippen molar-refractivity contribution < 1.29 is 22.8 Å². The van der Waals surface area contributed by atoms with Crippen LogP contribution < -0.4 is 11.1 Å². The van der Waals surface area contributed by atoms with Crippen LogP contribution in [0.25, 0.3) is 5.57 Å². The summed E-state index contributed by atoms with van der Waals surface area (Å²) in [5, 5.41) is 2.05. The number of alkyl halides is 3. The van der Waals surface area contributed by atoms with Crippen LogP contribution in [0.2, 0.25) is 0 Å². The first-order valence-electron chi connectivity index (χ1n) is 11.2. The molecule has 1 aliphatic heterocycles. The van der Waals surface area contributed by atoms with E-state index in [4.69, 9.17) is 5.73 Å². The highest BCUT2D eigenvalue weighted by molar-refractivity contribution is 5.97. The lowest BCUT2D eigenvalue weighted by Gasteiger charge is -2.34. The Hall–Kier alpha value is -2.35. The Morgan fingerprint density at radius 1 is 1.16 bits per heavy atom. The van der Waals surface area contributed by atoms with Gasteiger partial charge < -0.3 is 16.0 Å². The Labute approximate surface area is 187 Å². The number of benzene rings is 1. The Bertz CT molecular complexity index is 879. The fourth-order valence-corrected chi connectivity index (χ4v) is 4.43. The second kappa shape index (κ2) is 9.65. The van der Waals surface area contributed by atoms with E-state index in [-0.39, 0.29) is 17.5 Å². The SMILES string of the molecule is CC(C)(N)CC(=O)N1CCC(c2ccc(NC(=O)C(F)(F)F)c(C3=CCCCC3)c2)CC1. The van der Waals surface area contributed by atoms with Gasteiger partial charge in [-0.25, -0.2) is 0 Å².